The van der Waals surface area contributed by atoms with Crippen LogP contribution >= 0.6 is 0 Å². The van der Waals surface area contributed by atoms with Crippen molar-refractivity contribution in [3.05, 3.63) is 11.5 Å². The summed E-state index contributed by atoms with van der Waals surface area (Å²) < 4.78 is 17.3. The van der Waals surface area contributed by atoms with E-state index in [9.17, 15) is 9.59 Å². The normalized spacial score (nSPS) is 11.4. The molecule has 0 atom stereocenters. The van der Waals surface area contributed by atoms with Crippen LogP contribution in [0.4, 0.5) is 0 Å². The highest BCUT2D eigenvalue weighted by Crippen LogP contribution is 2.39. The van der Waals surface area contributed by atoms with Crippen molar-refractivity contribution in [1.29, 1.82) is 0 Å². The van der Waals surface area contributed by atoms with Gasteiger partial charge in [-0.15, -0.1) is 0 Å². The van der Waals surface area contributed by atoms with Crippen molar-refractivity contribution < 1.29 is 23.5 Å². The van der Waals surface area contributed by atoms with Crippen molar-refractivity contribution in [3.63, 3.8) is 0 Å². The van der Waals surface area contributed by atoms with Crippen LogP contribution in [0.3, 0.4) is 0 Å². The Kier molecular flexibility index (Phi) is 33.6. The zero-order valence-corrected chi connectivity index (χ0v) is 35.2. The second-order valence-corrected chi connectivity index (χ2v) is 15.9. The van der Waals surface area contributed by atoms with Crippen molar-refractivity contribution in [3.8, 4) is 11.5 Å². The highest BCUT2D eigenvalue weighted by atomic mass is 16.6. The van der Waals surface area contributed by atoms with Crippen LogP contribution in [0.15, 0.2) is 4.42 Å². The molecule has 0 saturated heterocycles. The zero-order valence-electron chi connectivity index (χ0n) is 35.2. The fourth-order valence-electron chi connectivity index (χ4n) is 7.34. The highest BCUT2D eigenvalue weighted by molar-refractivity contribution is 5.77. The van der Waals surface area contributed by atoms with E-state index in [1.807, 2.05) is 6.92 Å². The van der Waals surface area contributed by atoms with E-state index in [-0.39, 0.29) is 17.7 Å². The first-order valence-electron chi connectivity index (χ1n) is 23.1. The van der Waals surface area contributed by atoms with Gasteiger partial charge >= 0.3 is 11.9 Å². The Labute approximate surface area is 322 Å². The molecule has 0 N–H and O–H groups in total. The highest BCUT2D eigenvalue weighted by Gasteiger charge is 2.24. The van der Waals surface area contributed by atoms with Crippen molar-refractivity contribution in [2.24, 2.45) is 0 Å². The number of aryl methyl sites for hydroxylation is 2. The van der Waals surface area contributed by atoms with E-state index >= 15 is 0 Å². The van der Waals surface area contributed by atoms with Crippen LogP contribution in [-0.2, 0) is 16.0 Å². The first kappa shape index (κ1) is 48.2. The van der Waals surface area contributed by atoms with Crippen LogP contribution in [0.1, 0.15) is 263 Å². The summed E-state index contributed by atoms with van der Waals surface area (Å²) in [7, 11) is 0. The summed E-state index contributed by atoms with van der Waals surface area (Å²) in [4.78, 5) is 25.4. The number of hydrogen-bond donors (Lipinski definition) is 0. The van der Waals surface area contributed by atoms with E-state index in [1.165, 1.54) is 186 Å². The van der Waals surface area contributed by atoms with E-state index in [2.05, 4.69) is 13.8 Å². The monoisotopic (exact) mass is 731 g/mol. The smallest absolute Gasteiger partial charge is 0.311 e. The summed E-state index contributed by atoms with van der Waals surface area (Å²) >= 11 is 0. The third-order valence-corrected chi connectivity index (χ3v) is 10.8. The molecule has 52 heavy (non-hydrogen) atoms. The Morgan fingerprint density at radius 1 is 0.385 bits per heavy atom. The largest absolute Gasteiger partial charge is 0.458 e. The fraction of sp³-hybridized carbons (Fsp3) is 0.872. The maximum atomic E-state index is 12.7. The minimum Gasteiger partial charge on any atom is -0.458 e. The first-order chi connectivity index (χ1) is 25.5. The number of carbonyl (C=O) groups is 2. The summed E-state index contributed by atoms with van der Waals surface area (Å²) in [6.07, 6.45) is 45.9. The number of rotatable bonds is 39. The van der Waals surface area contributed by atoms with Crippen LogP contribution in [-0.4, -0.2) is 11.9 Å². The second-order valence-electron chi connectivity index (χ2n) is 15.9. The van der Waals surface area contributed by atoms with E-state index in [1.54, 1.807) is 6.92 Å². The molecule has 0 amide bonds. The zero-order chi connectivity index (χ0) is 37.7. The Bertz CT molecular complexity index is 950. The van der Waals surface area contributed by atoms with Gasteiger partial charge in [0.25, 0.3) is 0 Å². The number of unbranched alkanes of at least 4 members (excludes halogenated alkanes) is 32. The maximum Gasteiger partial charge on any atom is 0.311 e. The SMILES string of the molecule is CCCCCCCCCCCCCCCCCCCC(=O)Oc1c(C)oc(CC)c1OC(=O)CCCCCCCCCCCCCCCCCCC. The lowest BCUT2D eigenvalue weighted by molar-refractivity contribution is -0.137. The van der Waals surface area contributed by atoms with Crippen LogP contribution in [0.25, 0.3) is 0 Å². The summed E-state index contributed by atoms with van der Waals surface area (Å²) in [6, 6.07) is 0. The molecule has 0 aromatic carbocycles. The first-order valence-corrected chi connectivity index (χ1v) is 23.1. The van der Waals surface area contributed by atoms with Gasteiger partial charge in [-0.1, -0.05) is 226 Å². The molecule has 5 nitrogen and oxygen atoms in total. The lowest BCUT2D eigenvalue weighted by Crippen LogP contribution is -2.12. The molecule has 0 aliphatic carbocycles. The molecule has 0 aliphatic rings. The molecule has 1 rings (SSSR count). The molecule has 0 radical (unpaired) electrons. The molecule has 0 saturated carbocycles. The Balaban J connectivity index is 2.08. The second kappa shape index (κ2) is 36.2. The molecule has 0 bridgehead atoms. The predicted molar refractivity (Wildman–Crippen MR) is 222 cm³/mol. The average Bonchev–Trinajstić information content (AvgIpc) is 3.43. The topological polar surface area (TPSA) is 65.7 Å². The third-order valence-electron chi connectivity index (χ3n) is 10.8. The van der Waals surface area contributed by atoms with Crippen LogP contribution < -0.4 is 9.47 Å². The molecular formula is C47H86O5. The van der Waals surface area contributed by atoms with Gasteiger partial charge in [0.2, 0.25) is 11.5 Å². The average molecular weight is 731 g/mol. The Hall–Kier alpha value is -1.78. The van der Waals surface area contributed by atoms with E-state index < -0.39 is 0 Å². The summed E-state index contributed by atoms with van der Waals surface area (Å²) in [5, 5.41) is 0. The summed E-state index contributed by atoms with van der Waals surface area (Å²) in [5.41, 5.74) is 0. The van der Waals surface area contributed by atoms with Gasteiger partial charge in [-0.05, 0) is 19.8 Å². The summed E-state index contributed by atoms with van der Waals surface area (Å²) in [5.74, 6) is 1.08. The Morgan fingerprint density at radius 3 is 0.904 bits per heavy atom. The van der Waals surface area contributed by atoms with Gasteiger partial charge in [0, 0.05) is 19.3 Å². The quantitative estimate of drug-likeness (QED) is 0.0498. The van der Waals surface area contributed by atoms with Gasteiger partial charge in [-0.25, -0.2) is 0 Å². The maximum absolute atomic E-state index is 12.7. The van der Waals surface area contributed by atoms with Gasteiger partial charge in [0.15, 0.2) is 5.76 Å². The standard InChI is InChI=1S/C47H86O5/c1-5-8-10-12-14-16-18-20-22-24-26-28-30-32-34-36-38-40-44(48)51-46-42(4)50-43(7-3)47(46)52-45(49)41-39-37-35-33-31-29-27-25-23-21-19-17-15-13-11-9-6-2/h5-41H2,1-4H3. The molecule has 0 spiro atoms. The van der Waals surface area contributed by atoms with Crippen molar-refractivity contribution >= 4 is 11.9 Å². The van der Waals surface area contributed by atoms with Crippen LogP contribution in [0.5, 0.6) is 11.5 Å². The van der Waals surface area contributed by atoms with E-state index in [4.69, 9.17) is 13.9 Å². The van der Waals surface area contributed by atoms with Crippen LogP contribution in [0.2, 0.25) is 0 Å². The molecule has 1 aromatic rings. The predicted octanol–water partition coefficient (Wildman–Crippen LogP) is 16.0. The molecule has 0 aliphatic heterocycles. The molecule has 1 heterocycles. The number of furan rings is 1. The van der Waals surface area contributed by atoms with Crippen molar-refractivity contribution in [2.45, 2.75) is 265 Å². The molecular weight excluding hydrogens is 645 g/mol. The number of hydrogen-bond acceptors (Lipinski definition) is 5. The van der Waals surface area contributed by atoms with Gasteiger partial charge in [-0.3, -0.25) is 9.59 Å². The fourth-order valence-corrected chi connectivity index (χ4v) is 7.34. The minimum atomic E-state index is -0.280. The van der Waals surface area contributed by atoms with Gasteiger partial charge in [-0.2, -0.15) is 0 Å². The van der Waals surface area contributed by atoms with Crippen molar-refractivity contribution in [1.82, 2.24) is 0 Å². The number of esters is 2. The van der Waals surface area contributed by atoms with E-state index in [0.29, 0.717) is 36.5 Å². The van der Waals surface area contributed by atoms with Gasteiger partial charge in [0.1, 0.15) is 5.76 Å². The molecule has 0 fully saturated rings. The van der Waals surface area contributed by atoms with E-state index in [0.717, 1.165) is 32.1 Å². The molecule has 1 aromatic heterocycles. The lowest BCUT2D eigenvalue weighted by atomic mass is 10.0. The number of ether oxygens (including phenoxy) is 2. The lowest BCUT2D eigenvalue weighted by Gasteiger charge is -2.08. The van der Waals surface area contributed by atoms with Gasteiger partial charge < -0.3 is 13.9 Å². The molecule has 5 heteroatoms. The molecule has 304 valence electrons. The minimum absolute atomic E-state index is 0.276. The Morgan fingerprint density at radius 2 is 0.635 bits per heavy atom. The third kappa shape index (κ3) is 27.8. The van der Waals surface area contributed by atoms with Gasteiger partial charge in [0.05, 0.1) is 0 Å². The van der Waals surface area contributed by atoms with Crippen molar-refractivity contribution in [2.75, 3.05) is 0 Å². The number of carbonyl (C=O) groups excluding carboxylic acids is 2. The summed E-state index contributed by atoms with van der Waals surface area (Å²) in [6.45, 7) is 8.29. The molecule has 0 unspecified atom stereocenters. The van der Waals surface area contributed by atoms with Crippen LogP contribution in [0, 0.1) is 6.92 Å².